The van der Waals surface area contributed by atoms with Crippen molar-refractivity contribution < 1.29 is 4.79 Å². The summed E-state index contributed by atoms with van der Waals surface area (Å²) in [5, 5.41) is 0. The number of rotatable bonds is 3. The Kier molecular flexibility index (Phi) is 3.49. The predicted molar refractivity (Wildman–Crippen MR) is 63.5 cm³/mol. The fourth-order valence-corrected chi connectivity index (χ4v) is 1.60. The Morgan fingerprint density at radius 1 is 1.40 bits per heavy atom. The van der Waals surface area contributed by atoms with Crippen LogP contribution in [0.4, 0.5) is 0 Å². The lowest BCUT2D eigenvalue weighted by atomic mass is 9.80. The summed E-state index contributed by atoms with van der Waals surface area (Å²) < 4.78 is 0. The maximum atomic E-state index is 10.6. The Balaban J connectivity index is 2.91. The Labute approximate surface area is 91.8 Å². The zero-order valence-corrected chi connectivity index (χ0v) is 9.92. The van der Waals surface area contributed by atoms with Crippen LogP contribution in [-0.2, 0) is 11.2 Å². The number of aryl methyl sites for hydroxylation is 1. The second-order valence-corrected chi connectivity index (χ2v) is 4.78. The molecule has 0 aliphatic heterocycles. The van der Waals surface area contributed by atoms with Crippen LogP contribution in [0.1, 0.15) is 31.9 Å². The van der Waals surface area contributed by atoms with Crippen LogP contribution in [-0.4, -0.2) is 5.94 Å². The Morgan fingerprint density at radius 3 is 2.60 bits per heavy atom. The smallest absolute Gasteiger partial charge is 0.123 e. The van der Waals surface area contributed by atoms with Gasteiger partial charge in [-0.15, -0.1) is 0 Å². The molecule has 1 aromatic rings. The molecule has 0 saturated carbocycles. The van der Waals surface area contributed by atoms with Crippen LogP contribution in [0.3, 0.4) is 0 Å². The first kappa shape index (κ1) is 11.7. The molecule has 0 radical (unpaired) electrons. The van der Waals surface area contributed by atoms with Crippen molar-refractivity contribution in [2.75, 3.05) is 0 Å². The van der Waals surface area contributed by atoms with E-state index in [1.54, 1.807) is 0 Å². The minimum absolute atomic E-state index is 0.102. The third kappa shape index (κ3) is 3.07. The maximum absolute atomic E-state index is 10.6. The Bertz CT molecular complexity index is 396. The van der Waals surface area contributed by atoms with Gasteiger partial charge in [-0.05, 0) is 25.8 Å². The van der Waals surface area contributed by atoms with E-state index in [1.165, 1.54) is 11.1 Å². The fraction of sp³-hybridized carbons (Fsp3) is 0.429. The number of benzene rings is 1. The van der Waals surface area contributed by atoms with Crippen LogP contribution < -0.4 is 0 Å². The molecule has 0 aliphatic carbocycles. The standard InChI is InChI=1S/C14H18O/c1-11-6-5-7-13(8-11)9-14(3,4)12(2)10-15/h5-8H,9H2,1-4H3. The van der Waals surface area contributed by atoms with E-state index < -0.39 is 0 Å². The van der Waals surface area contributed by atoms with Crippen LogP contribution in [0.5, 0.6) is 0 Å². The minimum atomic E-state index is -0.102. The van der Waals surface area contributed by atoms with Crippen molar-refractivity contribution >= 4 is 5.94 Å². The van der Waals surface area contributed by atoms with Crippen LogP contribution in [0.15, 0.2) is 29.8 Å². The Hall–Kier alpha value is -1.33. The molecule has 0 aromatic heterocycles. The number of hydrogen-bond donors (Lipinski definition) is 0. The largest absolute Gasteiger partial charge is 0.234 e. The highest BCUT2D eigenvalue weighted by Crippen LogP contribution is 2.28. The van der Waals surface area contributed by atoms with E-state index in [2.05, 4.69) is 45.0 Å². The van der Waals surface area contributed by atoms with Crippen LogP contribution in [0.25, 0.3) is 0 Å². The SMILES string of the molecule is CC(=C=O)C(C)(C)Cc1cccc(C)c1. The molecule has 1 nitrogen and oxygen atoms in total. The molecular weight excluding hydrogens is 184 g/mol. The summed E-state index contributed by atoms with van der Waals surface area (Å²) in [6.45, 7) is 8.09. The van der Waals surface area contributed by atoms with Gasteiger partial charge in [-0.2, -0.15) is 0 Å². The van der Waals surface area contributed by atoms with Gasteiger partial charge in [0.15, 0.2) is 0 Å². The fourth-order valence-electron chi connectivity index (χ4n) is 1.60. The maximum Gasteiger partial charge on any atom is 0.123 e. The number of allylic oxidation sites excluding steroid dienone is 1. The quantitative estimate of drug-likeness (QED) is 0.687. The zero-order valence-electron chi connectivity index (χ0n) is 9.92. The van der Waals surface area contributed by atoms with E-state index >= 15 is 0 Å². The molecule has 0 fully saturated rings. The van der Waals surface area contributed by atoms with Gasteiger partial charge in [0.2, 0.25) is 0 Å². The first-order valence-electron chi connectivity index (χ1n) is 5.23. The van der Waals surface area contributed by atoms with Gasteiger partial charge in [-0.25, -0.2) is 4.79 Å². The molecule has 0 spiro atoms. The molecule has 0 aliphatic rings. The van der Waals surface area contributed by atoms with Gasteiger partial charge in [-0.1, -0.05) is 43.7 Å². The summed E-state index contributed by atoms with van der Waals surface area (Å²) >= 11 is 0. The van der Waals surface area contributed by atoms with E-state index in [-0.39, 0.29) is 5.41 Å². The lowest BCUT2D eigenvalue weighted by Gasteiger charge is -2.23. The topological polar surface area (TPSA) is 17.1 Å². The molecule has 15 heavy (non-hydrogen) atoms. The zero-order chi connectivity index (χ0) is 11.5. The lowest BCUT2D eigenvalue weighted by molar-refractivity contribution is 0.442. The summed E-state index contributed by atoms with van der Waals surface area (Å²) in [5.74, 6) is 2.01. The monoisotopic (exact) mass is 202 g/mol. The third-order valence-electron chi connectivity index (χ3n) is 2.90. The van der Waals surface area contributed by atoms with Crippen molar-refractivity contribution in [3.63, 3.8) is 0 Å². The average Bonchev–Trinajstić information content (AvgIpc) is 2.15. The average molecular weight is 202 g/mol. The van der Waals surface area contributed by atoms with Gasteiger partial charge in [0.05, 0.1) is 0 Å². The predicted octanol–water partition coefficient (Wildman–Crippen LogP) is 3.34. The first-order chi connectivity index (χ1) is 6.95. The Morgan fingerprint density at radius 2 is 2.07 bits per heavy atom. The summed E-state index contributed by atoms with van der Waals surface area (Å²) in [6, 6.07) is 8.41. The molecule has 0 heterocycles. The normalized spacial score (nSPS) is 10.9. The summed E-state index contributed by atoms with van der Waals surface area (Å²) in [4.78, 5) is 10.6. The van der Waals surface area contributed by atoms with E-state index in [9.17, 15) is 4.79 Å². The van der Waals surface area contributed by atoms with E-state index in [0.717, 1.165) is 12.0 Å². The van der Waals surface area contributed by atoms with E-state index in [1.807, 2.05) is 12.9 Å². The van der Waals surface area contributed by atoms with Crippen molar-refractivity contribution in [2.45, 2.75) is 34.1 Å². The van der Waals surface area contributed by atoms with Crippen molar-refractivity contribution in [1.82, 2.24) is 0 Å². The molecule has 0 unspecified atom stereocenters. The van der Waals surface area contributed by atoms with Gasteiger partial charge < -0.3 is 0 Å². The molecule has 0 N–H and O–H groups in total. The van der Waals surface area contributed by atoms with Crippen molar-refractivity contribution in [1.29, 1.82) is 0 Å². The molecule has 0 bridgehead atoms. The second kappa shape index (κ2) is 4.46. The van der Waals surface area contributed by atoms with E-state index in [0.29, 0.717) is 0 Å². The highest BCUT2D eigenvalue weighted by Gasteiger charge is 2.21. The molecule has 1 rings (SSSR count). The van der Waals surface area contributed by atoms with Gasteiger partial charge in [0.1, 0.15) is 5.94 Å². The van der Waals surface area contributed by atoms with Gasteiger partial charge in [-0.3, -0.25) is 0 Å². The van der Waals surface area contributed by atoms with Crippen LogP contribution >= 0.6 is 0 Å². The molecule has 0 atom stereocenters. The third-order valence-corrected chi connectivity index (χ3v) is 2.90. The number of carbonyl (C=O) groups excluding carboxylic acids is 1. The van der Waals surface area contributed by atoms with Gasteiger partial charge in [0.25, 0.3) is 0 Å². The summed E-state index contributed by atoms with van der Waals surface area (Å²) in [6.07, 6.45) is 0.885. The van der Waals surface area contributed by atoms with Crippen molar-refractivity contribution in [3.8, 4) is 0 Å². The molecular formula is C14H18O. The van der Waals surface area contributed by atoms with Crippen molar-refractivity contribution in [2.24, 2.45) is 5.41 Å². The molecule has 0 saturated heterocycles. The van der Waals surface area contributed by atoms with E-state index in [4.69, 9.17) is 0 Å². The molecule has 1 aromatic carbocycles. The highest BCUT2D eigenvalue weighted by atomic mass is 16.1. The summed E-state index contributed by atoms with van der Waals surface area (Å²) in [7, 11) is 0. The first-order valence-corrected chi connectivity index (χ1v) is 5.23. The molecule has 0 amide bonds. The second-order valence-electron chi connectivity index (χ2n) is 4.78. The number of hydrogen-bond acceptors (Lipinski definition) is 1. The van der Waals surface area contributed by atoms with Crippen LogP contribution in [0, 0.1) is 12.3 Å². The lowest BCUT2D eigenvalue weighted by Crippen LogP contribution is -2.17. The minimum Gasteiger partial charge on any atom is -0.234 e. The van der Waals surface area contributed by atoms with Crippen LogP contribution in [0.2, 0.25) is 0 Å². The molecule has 80 valence electrons. The van der Waals surface area contributed by atoms with Gasteiger partial charge >= 0.3 is 0 Å². The molecule has 1 heteroatoms. The summed E-state index contributed by atoms with van der Waals surface area (Å²) in [5.41, 5.74) is 3.21. The van der Waals surface area contributed by atoms with Crippen molar-refractivity contribution in [3.05, 3.63) is 41.0 Å². The van der Waals surface area contributed by atoms with Gasteiger partial charge in [0, 0.05) is 11.0 Å². The highest BCUT2D eigenvalue weighted by molar-refractivity contribution is 5.53.